The van der Waals surface area contributed by atoms with Crippen LogP contribution in [0.4, 0.5) is 0 Å². The van der Waals surface area contributed by atoms with Gasteiger partial charge in [-0.3, -0.25) is 0 Å². The number of likely N-dealkylation sites (tertiary alicyclic amines) is 1. The van der Waals surface area contributed by atoms with Crippen molar-refractivity contribution in [2.24, 2.45) is 5.73 Å². The molecule has 0 saturated carbocycles. The fourth-order valence-electron chi connectivity index (χ4n) is 2.85. The van der Waals surface area contributed by atoms with Gasteiger partial charge in [-0.1, -0.05) is 26.7 Å². The Morgan fingerprint density at radius 1 is 1.15 bits per heavy atom. The third kappa shape index (κ3) is 4.27. The highest BCUT2D eigenvalue weighted by atomic mass is 32.1. The van der Waals surface area contributed by atoms with Gasteiger partial charge in [0, 0.05) is 23.9 Å². The Bertz CT molecular complexity index is 378. The molecule has 0 radical (unpaired) electrons. The Morgan fingerprint density at radius 3 is 2.30 bits per heavy atom. The highest BCUT2D eigenvalue weighted by molar-refractivity contribution is 7.11. The SMILES string of the molecule is CC(C)c1nc(CCN2CCCCCC2)sc1C(C)N. The largest absolute Gasteiger partial charge is 0.323 e. The minimum atomic E-state index is 0.108. The van der Waals surface area contributed by atoms with Crippen LogP contribution in [0.15, 0.2) is 0 Å². The summed E-state index contributed by atoms with van der Waals surface area (Å²) in [5.41, 5.74) is 7.30. The van der Waals surface area contributed by atoms with Crippen molar-refractivity contribution in [1.29, 1.82) is 0 Å². The molecule has 0 amide bonds. The van der Waals surface area contributed by atoms with Crippen LogP contribution in [0.1, 0.15) is 74.0 Å². The van der Waals surface area contributed by atoms with Crippen LogP contribution in [-0.4, -0.2) is 29.5 Å². The van der Waals surface area contributed by atoms with Gasteiger partial charge in [0.2, 0.25) is 0 Å². The second kappa shape index (κ2) is 7.53. The molecule has 1 aromatic heterocycles. The molecule has 1 unspecified atom stereocenters. The lowest BCUT2D eigenvalue weighted by molar-refractivity contribution is 0.288. The monoisotopic (exact) mass is 295 g/mol. The van der Waals surface area contributed by atoms with Crippen molar-refractivity contribution in [2.75, 3.05) is 19.6 Å². The average Bonchev–Trinajstić information content (AvgIpc) is 2.67. The van der Waals surface area contributed by atoms with Crippen molar-refractivity contribution in [3.63, 3.8) is 0 Å². The first-order valence-electron chi connectivity index (χ1n) is 8.05. The Labute approximate surface area is 127 Å². The summed E-state index contributed by atoms with van der Waals surface area (Å²) in [6, 6.07) is 0.108. The van der Waals surface area contributed by atoms with E-state index < -0.39 is 0 Å². The zero-order valence-corrected chi connectivity index (χ0v) is 14.0. The van der Waals surface area contributed by atoms with Crippen molar-refractivity contribution >= 4 is 11.3 Å². The minimum absolute atomic E-state index is 0.108. The maximum Gasteiger partial charge on any atom is 0.0944 e. The summed E-state index contributed by atoms with van der Waals surface area (Å²) in [5.74, 6) is 0.471. The molecule has 0 aliphatic carbocycles. The quantitative estimate of drug-likeness (QED) is 0.900. The highest BCUT2D eigenvalue weighted by Gasteiger charge is 2.17. The van der Waals surface area contributed by atoms with Crippen LogP contribution in [0.25, 0.3) is 0 Å². The standard InChI is InChI=1S/C16H29N3S/c1-12(2)15-16(13(3)17)20-14(18-15)8-11-19-9-6-4-5-7-10-19/h12-13H,4-11,17H2,1-3H3. The van der Waals surface area contributed by atoms with Gasteiger partial charge in [-0.15, -0.1) is 11.3 Å². The number of nitrogens with two attached hydrogens (primary N) is 1. The first-order valence-corrected chi connectivity index (χ1v) is 8.87. The van der Waals surface area contributed by atoms with E-state index in [9.17, 15) is 0 Å². The summed E-state index contributed by atoms with van der Waals surface area (Å²) in [7, 11) is 0. The lowest BCUT2D eigenvalue weighted by Crippen LogP contribution is -2.26. The summed E-state index contributed by atoms with van der Waals surface area (Å²) in [4.78, 5) is 8.74. The number of hydrogen-bond donors (Lipinski definition) is 1. The molecular formula is C16H29N3S. The number of thiazole rings is 1. The first-order chi connectivity index (χ1) is 9.58. The molecule has 0 bridgehead atoms. The molecule has 20 heavy (non-hydrogen) atoms. The number of hydrogen-bond acceptors (Lipinski definition) is 4. The number of nitrogens with zero attached hydrogens (tertiary/aromatic N) is 2. The van der Waals surface area contributed by atoms with Crippen LogP contribution in [0, 0.1) is 0 Å². The molecule has 1 atom stereocenters. The van der Waals surface area contributed by atoms with Gasteiger partial charge >= 0.3 is 0 Å². The van der Waals surface area contributed by atoms with Crippen LogP contribution >= 0.6 is 11.3 Å². The average molecular weight is 295 g/mol. The van der Waals surface area contributed by atoms with E-state index in [0.717, 1.165) is 13.0 Å². The highest BCUT2D eigenvalue weighted by Crippen LogP contribution is 2.29. The minimum Gasteiger partial charge on any atom is -0.323 e. The molecule has 4 heteroatoms. The second-order valence-electron chi connectivity index (χ2n) is 6.31. The predicted molar refractivity (Wildman–Crippen MR) is 87.4 cm³/mol. The lowest BCUT2D eigenvalue weighted by Gasteiger charge is -2.18. The molecule has 1 saturated heterocycles. The molecule has 114 valence electrons. The fraction of sp³-hybridized carbons (Fsp3) is 0.812. The Morgan fingerprint density at radius 2 is 1.80 bits per heavy atom. The summed E-state index contributed by atoms with van der Waals surface area (Å²) in [5, 5.41) is 1.27. The van der Waals surface area contributed by atoms with Gasteiger partial charge in [0.1, 0.15) is 0 Å². The van der Waals surface area contributed by atoms with Crippen LogP contribution in [0.3, 0.4) is 0 Å². The summed E-state index contributed by atoms with van der Waals surface area (Å²) in [6.45, 7) is 10.2. The summed E-state index contributed by atoms with van der Waals surface area (Å²) >= 11 is 1.83. The smallest absolute Gasteiger partial charge is 0.0944 e. The normalized spacial score (nSPS) is 19.2. The van der Waals surface area contributed by atoms with E-state index in [4.69, 9.17) is 10.7 Å². The summed E-state index contributed by atoms with van der Waals surface area (Å²) < 4.78 is 0. The van der Waals surface area contributed by atoms with E-state index in [1.54, 1.807) is 0 Å². The number of aromatic nitrogens is 1. The Hall–Kier alpha value is -0.450. The zero-order valence-electron chi connectivity index (χ0n) is 13.2. The van der Waals surface area contributed by atoms with Gasteiger partial charge in [-0.05, 0) is 38.8 Å². The van der Waals surface area contributed by atoms with E-state index in [1.165, 1.54) is 54.4 Å². The third-order valence-electron chi connectivity index (χ3n) is 4.03. The summed E-state index contributed by atoms with van der Waals surface area (Å²) in [6.07, 6.45) is 6.61. The number of rotatable bonds is 5. The van der Waals surface area contributed by atoms with Crippen molar-refractivity contribution in [3.05, 3.63) is 15.6 Å². The van der Waals surface area contributed by atoms with E-state index in [2.05, 4.69) is 25.7 Å². The van der Waals surface area contributed by atoms with Gasteiger partial charge in [-0.25, -0.2) is 4.98 Å². The van der Waals surface area contributed by atoms with Gasteiger partial charge in [0.15, 0.2) is 0 Å². The second-order valence-corrected chi connectivity index (χ2v) is 7.42. The predicted octanol–water partition coefficient (Wildman–Crippen LogP) is 3.70. The van der Waals surface area contributed by atoms with E-state index >= 15 is 0 Å². The van der Waals surface area contributed by atoms with E-state index in [0.29, 0.717) is 5.92 Å². The van der Waals surface area contributed by atoms with Crippen molar-refractivity contribution in [2.45, 2.75) is 64.8 Å². The fourth-order valence-corrected chi connectivity index (χ4v) is 4.01. The lowest BCUT2D eigenvalue weighted by atomic mass is 10.1. The molecule has 2 heterocycles. The van der Waals surface area contributed by atoms with Crippen LogP contribution in [-0.2, 0) is 6.42 Å². The first kappa shape index (κ1) is 15.9. The van der Waals surface area contributed by atoms with Crippen molar-refractivity contribution in [1.82, 2.24) is 9.88 Å². The van der Waals surface area contributed by atoms with Crippen LogP contribution in [0.2, 0.25) is 0 Å². The van der Waals surface area contributed by atoms with Crippen molar-refractivity contribution in [3.8, 4) is 0 Å². The van der Waals surface area contributed by atoms with Gasteiger partial charge < -0.3 is 10.6 Å². The zero-order chi connectivity index (χ0) is 14.5. The van der Waals surface area contributed by atoms with Crippen LogP contribution in [0.5, 0.6) is 0 Å². The third-order valence-corrected chi connectivity index (χ3v) is 5.36. The van der Waals surface area contributed by atoms with Crippen LogP contribution < -0.4 is 5.73 Å². The molecular weight excluding hydrogens is 266 g/mol. The maximum atomic E-state index is 6.09. The molecule has 0 aromatic carbocycles. The van der Waals surface area contributed by atoms with E-state index in [-0.39, 0.29) is 6.04 Å². The molecule has 1 aliphatic rings. The molecule has 0 spiro atoms. The molecule has 1 aliphatic heterocycles. The maximum absolute atomic E-state index is 6.09. The molecule has 2 rings (SSSR count). The molecule has 1 aromatic rings. The Balaban J connectivity index is 1.96. The molecule has 3 nitrogen and oxygen atoms in total. The van der Waals surface area contributed by atoms with E-state index in [1.807, 2.05) is 11.3 Å². The molecule has 1 fully saturated rings. The van der Waals surface area contributed by atoms with Gasteiger partial charge in [-0.2, -0.15) is 0 Å². The van der Waals surface area contributed by atoms with Gasteiger partial charge in [0.25, 0.3) is 0 Å². The topological polar surface area (TPSA) is 42.2 Å². The Kier molecular flexibility index (Phi) is 6.00. The molecule has 2 N–H and O–H groups in total. The van der Waals surface area contributed by atoms with Crippen molar-refractivity contribution < 1.29 is 0 Å². The van der Waals surface area contributed by atoms with Gasteiger partial charge in [0.05, 0.1) is 10.7 Å².